The molecule has 0 saturated carbocycles. The molecule has 0 radical (unpaired) electrons. The maximum absolute atomic E-state index is 7.29. The summed E-state index contributed by atoms with van der Waals surface area (Å²) in [5, 5.41) is 7.78. The number of nitrogens with two attached hydrogens (primary N) is 1. The van der Waals surface area contributed by atoms with Gasteiger partial charge in [-0.3, -0.25) is 5.41 Å². The summed E-state index contributed by atoms with van der Waals surface area (Å²) in [5.41, 5.74) is 5.98. The van der Waals surface area contributed by atoms with Gasteiger partial charge in [0, 0.05) is 5.56 Å². The van der Waals surface area contributed by atoms with Crippen molar-refractivity contribution >= 4 is 17.4 Å². The first-order chi connectivity index (χ1) is 7.54. The zero-order chi connectivity index (χ0) is 12.1. The van der Waals surface area contributed by atoms with Crippen molar-refractivity contribution in [1.29, 1.82) is 5.41 Å². The van der Waals surface area contributed by atoms with Crippen molar-refractivity contribution in [2.75, 3.05) is 0 Å². The van der Waals surface area contributed by atoms with E-state index in [1.165, 1.54) is 0 Å². The van der Waals surface area contributed by atoms with Gasteiger partial charge in [-0.25, -0.2) is 0 Å². The summed E-state index contributed by atoms with van der Waals surface area (Å²) in [6, 6.07) is 5.14. The number of nitrogen functional groups attached to an aromatic ring is 1. The normalized spacial score (nSPS) is 12.2. The van der Waals surface area contributed by atoms with Gasteiger partial charge in [-0.15, -0.1) is 0 Å². The molecule has 16 heavy (non-hydrogen) atoms. The van der Waals surface area contributed by atoms with E-state index in [0.29, 0.717) is 16.3 Å². The number of nitrogens with one attached hydrogen (secondary N) is 1. The molecule has 3 nitrogen and oxygen atoms in total. The molecule has 0 aromatic heterocycles. The van der Waals surface area contributed by atoms with Crippen molar-refractivity contribution in [3.63, 3.8) is 0 Å². The van der Waals surface area contributed by atoms with Crippen LogP contribution in [0, 0.1) is 5.41 Å². The summed E-state index contributed by atoms with van der Waals surface area (Å²) in [4.78, 5) is 0. The van der Waals surface area contributed by atoms with Crippen LogP contribution in [0.1, 0.15) is 32.3 Å². The second-order valence-electron chi connectivity index (χ2n) is 3.78. The van der Waals surface area contributed by atoms with Crippen molar-refractivity contribution < 1.29 is 4.74 Å². The van der Waals surface area contributed by atoms with Gasteiger partial charge in [-0.2, -0.15) is 0 Å². The summed E-state index contributed by atoms with van der Waals surface area (Å²) in [5.74, 6) is 0.655. The quantitative estimate of drug-likeness (QED) is 0.613. The van der Waals surface area contributed by atoms with E-state index in [1.807, 2.05) is 6.92 Å². The Labute approximate surface area is 101 Å². The predicted molar refractivity (Wildman–Crippen MR) is 67.5 cm³/mol. The molecule has 3 N–H and O–H groups in total. The van der Waals surface area contributed by atoms with E-state index in [0.717, 1.165) is 12.8 Å². The van der Waals surface area contributed by atoms with Crippen LogP contribution in [0.2, 0.25) is 5.02 Å². The van der Waals surface area contributed by atoms with Gasteiger partial charge < -0.3 is 10.5 Å². The fourth-order valence-corrected chi connectivity index (χ4v) is 1.67. The van der Waals surface area contributed by atoms with Crippen LogP contribution in [0.15, 0.2) is 18.2 Å². The van der Waals surface area contributed by atoms with Crippen molar-refractivity contribution in [2.45, 2.75) is 32.8 Å². The number of amidine groups is 1. The van der Waals surface area contributed by atoms with Crippen LogP contribution in [0.5, 0.6) is 5.75 Å². The highest BCUT2D eigenvalue weighted by Crippen LogP contribution is 2.26. The molecule has 1 aromatic rings. The standard InChI is InChI=1S/C12H17ClN2O/c1-3-4-8(2)16-11-6-5-9(12(14)15)7-10(11)13/h5-8H,3-4H2,1-2H3,(H3,14,15). The molecule has 0 heterocycles. The Bertz CT molecular complexity index is 379. The number of halogens is 1. The van der Waals surface area contributed by atoms with Gasteiger partial charge >= 0.3 is 0 Å². The first kappa shape index (κ1) is 12.8. The van der Waals surface area contributed by atoms with Crippen LogP contribution < -0.4 is 10.5 Å². The average molecular weight is 241 g/mol. The summed E-state index contributed by atoms with van der Waals surface area (Å²) in [6.45, 7) is 4.12. The first-order valence-electron chi connectivity index (χ1n) is 5.35. The minimum atomic E-state index is 0.00931. The zero-order valence-corrected chi connectivity index (χ0v) is 10.3. The Kier molecular flexibility index (Phi) is 4.62. The number of ether oxygens (including phenoxy) is 1. The topological polar surface area (TPSA) is 59.1 Å². The molecule has 0 bridgehead atoms. The summed E-state index contributed by atoms with van der Waals surface area (Å²) in [7, 11) is 0. The molecule has 0 spiro atoms. The molecule has 0 aliphatic carbocycles. The lowest BCUT2D eigenvalue weighted by atomic mass is 10.2. The summed E-state index contributed by atoms with van der Waals surface area (Å²) in [6.07, 6.45) is 2.21. The van der Waals surface area contributed by atoms with E-state index in [1.54, 1.807) is 18.2 Å². The lowest BCUT2D eigenvalue weighted by molar-refractivity contribution is 0.210. The third-order valence-electron chi connectivity index (χ3n) is 2.27. The molecular formula is C12H17ClN2O. The van der Waals surface area contributed by atoms with Gasteiger partial charge in [0.15, 0.2) is 0 Å². The molecule has 0 saturated heterocycles. The van der Waals surface area contributed by atoms with Gasteiger partial charge in [0.05, 0.1) is 11.1 Å². The minimum Gasteiger partial charge on any atom is -0.489 e. The average Bonchev–Trinajstić information content (AvgIpc) is 2.21. The Morgan fingerprint density at radius 2 is 2.25 bits per heavy atom. The van der Waals surface area contributed by atoms with Gasteiger partial charge in [0.2, 0.25) is 0 Å². The van der Waals surface area contributed by atoms with Crippen molar-refractivity contribution in [3.8, 4) is 5.75 Å². The zero-order valence-electron chi connectivity index (χ0n) is 9.59. The van der Waals surface area contributed by atoms with Crippen molar-refractivity contribution in [3.05, 3.63) is 28.8 Å². The third-order valence-corrected chi connectivity index (χ3v) is 2.56. The molecule has 0 aliphatic heterocycles. The summed E-state index contributed by atoms with van der Waals surface area (Å²) < 4.78 is 5.68. The monoisotopic (exact) mass is 240 g/mol. The third kappa shape index (κ3) is 3.42. The minimum absolute atomic E-state index is 0.00931. The lowest BCUT2D eigenvalue weighted by Gasteiger charge is -2.15. The fourth-order valence-electron chi connectivity index (χ4n) is 1.45. The van der Waals surface area contributed by atoms with E-state index in [9.17, 15) is 0 Å². The molecule has 1 rings (SSSR count). The molecular weight excluding hydrogens is 224 g/mol. The highest BCUT2D eigenvalue weighted by Gasteiger charge is 2.08. The van der Waals surface area contributed by atoms with Gasteiger partial charge in [-0.1, -0.05) is 24.9 Å². The SMILES string of the molecule is CCCC(C)Oc1ccc(C(=N)N)cc1Cl. The van der Waals surface area contributed by atoms with Crippen LogP contribution in [-0.4, -0.2) is 11.9 Å². The molecule has 4 heteroatoms. The van der Waals surface area contributed by atoms with Crippen molar-refractivity contribution in [2.24, 2.45) is 5.73 Å². The van der Waals surface area contributed by atoms with Gasteiger partial charge in [0.25, 0.3) is 0 Å². The van der Waals surface area contributed by atoms with Crippen LogP contribution in [0.25, 0.3) is 0 Å². The number of hydrogen-bond donors (Lipinski definition) is 2. The van der Waals surface area contributed by atoms with E-state index < -0.39 is 0 Å². The highest BCUT2D eigenvalue weighted by molar-refractivity contribution is 6.32. The smallest absolute Gasteiger partial charge is 0.138 e. The Morgan fingerprint density at radius 3 is 2.75 bits per heavy atom. The molecule has 1 aromatic carbocycles. The number of benzene rings is 1. The van der Waals surface area contributed by atoms with E-state index >= 15 is 0 Å². The Hall–Kier alpha value is -1.22. The van der Waals surface area contributed by atoms with Crippen LogP contribution >= 0.6 is 11.6 Å². The van der Waals surface area contributed by atoms with E-state index in [4.69, 9.17) is 27.5 Å². The largest absolute Gasteiger partial charge is 0.489 e. The van der Waals surface area contributed by atoms with Crippen LogP contribution in [-0.2, 0) is 0 Å². The van der Waals surface area contributed by atoms with E-state index in [2.05, 4.69) is 6.92 Å². The molecule has 0 amide bonds. The molecule has 0 aliphatic rings. The maximum atomic E-state index is 7.29. The molecule has 1 atom stereocenters. The molecule has 0 fully saturated rings. The lowest BCUT2D eigenvalue weighted by Crippen LogP contribution is -2.13. The Morgan fingerprint density at radius 1 is 1.56 bits per heavy atom. The first-order valence-corrected chi connectivity index (χ1v) is 5.73. The van der Waals surface area contributed by atoms with Gasteiger partial charge in [0.1, 0.15) is 11.6 Å². The number of rotatable bonds is 5. The second-order valence-corrected chi connectivity index (χ2v) is 4.18. The number of hydrogen-bond acceptors (Lipinski definition) is 2. The van der Waals surface area contributed by atoms with E-state index in [-0.39, 0.29) is 11.9 Å². The fraction of sp³-hybridized carbons (Fsp3) is 0.417. The molecule has 88 valence electrons. The Balaban J connectivity index is 2.79. The molecule has 1 unspecified atom stereocenters. The van der Waals surface area contributed by atoms with Gasteiger partial charge in [-0.05, 0) is 31.5 Å². The predicted octanol–water partition coefficient (Wildman–Crippen LogP) is 3.19. The summed E-state index contributed by atoms with van der Waals surface area (Å²) >= 11 is 6.04. The second kappa shape index (κ2) is 5.75. The maximum Gasteiger partial charge on any atom is 0.138 e. The van der Waals surface area contributed by atoms with Crippen LogP contribution in [0.3, 0.4) is 0 Å². The van der Waals surface area contributed by atoms with Crippen LogP contribution in [0.4, 0.5) is 0 Å². The van der Waals surface area contributed by atoms with Crippen molar-refractivity contribution in [1.82, 2.24) is 0 Å². The highest BCUT2D eigenvalue weighted by atomic mass is 35.5.